The van der Waals surface area contributed by atoms with E-state index in [9.17, 15) is 15.3 Å². The number of hydrogen-bond donors (Lipinski definition) is 3. The van der Waals surface area contributed by atoms with Crippen molar-refractivity contribution in [2.24, 2.45) is 0 Å². The monoisotopic (exact) mass is 265 g/mol. The Morgan fingerprint density at radius 1 is 1.32 bits per heavy atom. The van der Waals surface area contributed by atoms with Gasteiger partial charge < -0.3 is 20.2 Å². The van der Waals surface area contributed by atoms with E-state index in [1.54, 1.807) is 19.1 Å². The summed E-state index contributed by atoms with van der Waals surface area (Å²) in [5.74, 6) is 0.119. The predicted octanol–water partition coefficient (Wildman–Crippen LogP) is 2.19. The molecule has 0 radical (unpaired) electrons. The smallest absolute Gasteiger partial charge is 0.123 e. The van der Waals surface area contributed by atoms with Crippen LogP contribution in [-0.4, -0.2) is 34.5 Å². The molecule has 1 aliphatic heterocycles. The Morgan fingerprint density at radius 3 is 2.74 bits per heavy atom. The zero-order valence-electron chi connectivity index (χ0n) is 11.4. The minimum atomic E-state index is -0.674. The molecule has 4 nitrogen and oxygen atoms in total. The zero-order valence-corrected chi connectivity index (χ0v) is 11.4. The first-order chi connectivity index (χ1) is 9.13. The number of aliphatic hydroxyl groups is 2. The van der Waals surface area contributed by atoms with E-state index in [-0.39, 0.29) is 18.4 Å². The number of aliphatic hydroxyl groups excluding tert-OH is 2. The van der Waals surface area contributed by atoms with E-state index in [1.165, 1.54) is 6.42 Å². The zero-order chi connectivity index (χ0) is 13.8. The number of rotatable bonds is 3. The van der Waals surface area contributed by atoms with Crippen LogP contribution in [0.25, 0.3) is 0 Å². The molecule has 4 heteroatoms. The fraction of sp³-hybridized carbons (Fsp3) is 0.600. The molecule has 1 aromatic carbocycles. The number of phenols is 1. The van der Waals surface area contributed by atoms with E-state index in [0.29, 0.717) is 5.56 Å². The molecule has 1 fully saturated rings. The number of phenolic OH excluding ortho intramolecular Hbond substituents is 1. The van der Waals surface area contributed by atoms with Gasteiger partial charge in [-0.05, 0) is 25.8 Å². The second kappa shape index (κ2) is 6.26. The van der Waals surface area contributed by atoms with Gasteiger partial charge in [-0.1, -0.05) is 18.9 Å². The Bertz CT molecular complexity index is 420. The molecule has 1 aliphatic rings. The lowest BCUT2D eigenvalue weighted by Crippen LogP contribution is -2.37. The van der Waals surface area contributed by atoms with Crippen molar-refractivity contribution in [1.82, 2.24) is 0 Å². The lowest BCUT2D eigenvalue weighted by Gasteiger charge is -2.31. The van der Waals surface area contributed by atoms with Gasteiger partial charge in [0.05, 0.1) is 18.8 Å². The van der Waals surface area contributed by atoms with Gasteiger partial charge in [-0.2, -0.15) is 0 Å². The molecule has 0 spiro atoms. The lowest BCUT2D eigenvalue weighted by atomic mass is 10.1. The van der Waals surface area contributed by atoms with Gasteiger partial charge in [-0.15, -0.1) is 0 Å². The Morgan fingerprint density at radius 2 is 2.11 bits per heavy atom. The summed E-state index contributed by atoms with van der Waals surface area (Å²) in [5.41, 5.74) is 1.46. The van der Waals surface area contributed by atoms with E-state index in [0.717, 1.165) is 31.5 Å². The third kappa shape index (κ3) is 3.19. The Hall–Kier alpha value is -1.26. The van der Waals surface area contributed by atoms with Crippen LogP contribution >= 0.6 is 0 Å². The number of nitrogens with zero attached hydrogens (tertiary/aromatic N) is 1. The summed E-state index contributed by atoms with van der Waals surface area (Å²) >= 11 is 0. The molecule has 2 unspecified atom stereocenters. The van der Waals surface area contributed by atoms with Crippen LogP contribution < -0.4 is 4.90 Å². The van der Waals surface area contributed by atoms with Crippen molar-refractivity contribution in [3.63, 3.8) is 0 Å². The van der Waals surface area contributed by atoms with Gasteiger partial charge in [0.2, 0.25) is 0 Å². The first-order valence-electron chi connectivity index (χ1n) is 7.02. The normalized spacial score (nSPS) is 22.1. The highest BCUT2D eigenvalue weighted by atomic mass is 16.3. The summed E-state index contributed by atoms with van der Waals surface area (Å²) in [5, 5.41) is 29.0. The SMILES string of the molecule is CC(O)c1ccc(N2CCCCCC2CO)cc1O. The molecule has 0 aromatic heterocycles. The maximum atomic E-state index is 9.97. The summed E-state index contributed by atoms with van der Waals surface area (Å²) < 4.78 is 0. The first kappa shape index (κ1) is 14.2. The lowest BCUT2D eigenvalue weighted by molar-refractivity contribution is 0.195. The molecule has 1 aromatic rings. The number of aromatic hydroxyl groups is 1. The summed E-state index contributed by atoms with van der Waals surface area (Å²) in [6.45, 7) is 2.68. The van der Waals surface area contributed by atoms with Crippen molar-refractivity contribution in [1.29, 1.82) is 0 Å². The van der Waals surface area contributed by atoms with Crippen LogP contribution in [-0.2, 0) is 0 Å². The van der Waals surface area contributed by atoms with Gasteiger partial charge in [0.15, 0.2) is 0 Å². The van der Waals surface area contributed by atoms with Crippen molar-refractivity contribution in [3.8, 4) is 5.75 Å². The van der Waals surface area contributed by atoms with E-state index in [2.05, 4.69) is 4.90 Å². The fourth-order valence-corrected chi connectivity index (χ4v) is 2.77. The molecule has 0 aliphatic carbocycles. The van der Waals surface area contributed by atoms with E-state index in [1.807, 2.05) is 6.07 Å². The fourth-order valence-electron chi connectivity index (χ4n) is 2.77. The van der Waals surface area contributed by atoms with Crippen LogP contribution in [0.3, 0.4) is 0 Å². The Kier molecular flexibility index (Phi) is 4.66. The molecule has 3 N–H and O–H groups in total. The average molecular weight is 265 g/mol. The third-order valence-electron chi connectivity index (χ3n) is 3.88. The van der Waals surface area contributed by atoms with Gasteiger partial charge >= 0.3 is 0 Å². The average Bonchev–Trinajstić information content (AvgIpc) is 2.63. The molecular weight excluding hydrogens is 242 g/mol. The topological polar surface area (TPSA) is 63.9 Å². The number of benzene rings is 1. The molecule has 106 valence electrons. The summed E-state index contributed by atoms with van der Waals surface area (Å²) in [6.07, 6.45) is 3.74. The van der Waals surface area contributed by atoms with Crippen LogP contribution in [0.1, 0.15) is 44.3 Å². The summed E-state index contributed by atoms with van der Waals surface area (Å²) in [7, 11) is 0. The van der Waals surface area contributed by atoms with Crippen LogP contribution in [0.4, 0.5) is 5.69 Å². The summed E-state index contributed by atoms with van der Waals surface area (Å²) in [4.78, 5) is 2.17. The molecule has 0 bridgehead atoms. The minimum absolute atomic E-state index is 0.119. The highest BCUT2D eigenvalue weighted by Gasteiger charge is 2.21. The minimum Gasteiger partial charge on any atom is -0.507 e. The number of hydrogen-bond acceptors (Lipinski definition) is 4. The van der Waals surface area contributed by atoms with Crippen LogP contribution in [0.5, 0.6) is 5.75 Å². The predicted molar refractivity (Wildman–Crippen MR) is 75.4 cm³/mol. The van der Waals surface area contributed by atoms with Gasteiger partial charge in [0.1, 0.15) is 5.75 Å². The second-order valence-corrected chi connectivity index (χ2v) is 5.30. The van der Waals surface area contributed by atoms with Gasteiger partial charge in [0, 0.05) is 23.9 Å². The van der Waals surface area contributed by atoms with E-state index >= 15 is 0 Å². The molecule has 2 atom stereocenters. The Balaban J connectivity index is 2.26. The standard InChI is InChI=1S/C15H23NO3/c1-11(18)14-7-6-12(9-15(14)19)16-8-4-2-3-5-13(16)10-17/h6-7,9,11,13,17-19H,2-5,8,10H2,1H3. The van der Waals surface area contributed by atoms with Crippen molar-refractivity contribution in [3.05, 3.63) is 23.8 Å². The largest absolute Gasteiger partial charge is 0.507 e. The maximum Gasteiger partial charge on any atom is 0.123 e. The molecule has 2 rings (SSSR count). The van der Waals surface area contributed by atoms with Gasteiger partial charge in [0.25, 0.3) is 0 Å². The van der Waals surface area contributed by atoms with Crippen LogP contribution in [0, 0.1) is 0 Å². The van der Waals surface area contributed by atoms with Gasteiger partial charge in [-0.25, -0.2) is 0 Å². The van der Waals surface area contributed by atoms with E-state index < -0.39 is 6.10 Å². The Labute approximate surface area is 114 Å². The van der Waals surface area contributed by atoms with Crippen molar-refractivity contribution in [2.45, 2.75) is 44.8 Å². The van der Waals surface area contributed by atoms with E-state index in [4.69, 9.17) is 0 Å². The number of anilines is 1. The molecule has 1 heterocycles. The molecule has 19 heavy (non-hydrogen) atoms. The van der Waals surface area contributed by atoms with Crippen molar-refractivity contribution >= 4 is 5.69 Å². The first-order valence-corrected chi connectivity index (χ1v) is 7.02. The molecular formula is C15H23NO3. The quantitative estimate of drug-likeness (QED) is 0.784. The highest BCUT2D eigenvalue weighted by molar-refractivity contribution is 5.54. The molecule has 1 saturated heterocycles. The maximum absolute atomic E-state index is 9.97. The summed E-state index contributed by atoms with van der Waals surface area (Å²) in [6, 6.07) is 5.49. The second-order valence-electron chi connectivity index (χ2n) is 5.30. The highest BCUT2D eigenvalue weighted by Crippen LogP contribution is 2.31. The van der Waals surface area contributed by atoms with Crippen LogP contribution in [0.15, 0.2) is 18.2 Å². The van der Waals surface area contributed by atoms with Crippen LogP contribution in [0.2, 0.25) is 0 Å². The molecule has 0 saturated carbocycles. The van der Waals surface area contributed by atoms with Crippen molar-refractivity contribution in [2.75, 3.05) is 18.1 Å². The molecule has 0 amide bonds. The van der Waals surface area contributed by atoms with Crippen molar-refractivity contribution < 1.29 is 15.3 Å². The third-order valence-corrected chi connectivity index (χ3v) is 3.88. The van der Waals surface area contributed by atoms with Gasteiger partial charge in [-0.3, -0.25) is 0 Å².